The van der Waals surface area contributed by atoms with Crippen LogP contribution in [0, 0.1) is 6.57 Å². The molecule has 7 heteroatoms. The van der Waals surface area contributed by atoms with E-state index in [2.05, 4.69) is 60.7 Å². The molecule has 0 amide bonds. The fraction of sp³-hybridized carbons (Fsp3) is 0.125. The van der Waals surface area contributed by atoms with Crippen molar-refractivity contribution in [3.8, 4) is 5.75 Å². The molecule has 1 rings (SSSR count). The third kappa shape index (κ3) is 9.83. The van der Waals surface area contributed by atoms with E-state index in [4.69, 9.17) is 11.3 Å². The Labute approximate surface area is 133 Å². The van der Waals surface area contributed by atoms with Gasteiger partial charge in [-0.25, -0.2) is 4.85 Å². The van der Waals surface area contributed by atoms with Gasteiger partial charge in [-0.05, 0) is 12.1 Å². The summed E-state index contributed by atoms with van der Waals surface area (Å²) in [5.74, 6) is 0.785. The van der Waals surface area contributed by atoms with Crippen molar-refractivity contribution < 1.29 is 18.0 Å². The van der Waals surface area contributed by atoms with Crippen LogP contribution in [0.3, 0.4) is 0 Å². The van der Waals surface area contributed by atoms with Gasteiger partial charge in [-0.1, -0.05) is 12.1 Å². The maximum absolute atomic E-state index is 6.66. The molecule has 0 bridgehead atoms. The molecule has 2 nitrogen and oxygen atoms in total. The predicted molar refractivity (Wildman–Crippen MR) is 95.3 cm³/mol. The molecular formula is C8H7I5NO-. The summed E-state index contributed by atoms with van der Waals surface area (Å²) in [5.41, 5.74) is 0.640. The fourth-order valence-electron chi connectivity index (χ4n) is 0.657. The largest absolute Gasteiger partial charge is 0.497 e. The van der Waals surface area contributed by atoms with E-state index in [0.29, 0.717) is 18.9 Å². The van der Waals surface area contributed by atoms with Crippen molar-refractivity contribution in [1.29, 1.82) is 0 Å². The summed E-state index contributed by atoms with van der Waals surface area (Å²) in [4.78, 5) is 3.24. The Morgan fingerprint density at radius 1 is 1.33 bits per heavy atom. The third-order valence-electron chi connectivity index (χ3n) is 1.24. The first-order valence-corrected chi connectivity index (χ1v) is 28.6. The van der Waals surface area contributed by atoms with Crippen LogP contribution in [0.25, 0.3) is 4.85 Å². The zero-order valence-electron chi connectivity index (χ0n) is 7.55. The molecule has 0 spiro atoms. The van der Waals surface area contributed by atoms with Crippen LogP contribution in [0.15, 0.2) is 24.3 Å². The number of hydrogen-bond acceptors (Lipinski definition) is 1. The Morgan fingerprint density at radius 3 is 2.07 bits per heavy atom. The van der Waals surface area contributed by atoms with Crippen LogP contribution in [0.5, 0.6) is 5.75 Å². The number of ether oxygens (including phenoxy) is 1. The Bertz CT molecular complexity index is 308. The van der Waals surface area contributed by atoms with E-state index in [1.807, 2.05) is 0 Å². The molecule has 0 N–H and O–H groups in total. The maximum Gasteiger partial charge on any atom is 0.187 e. The first-order chi connectivity index (χ1) is 7.13. The first-order valence-electron chi connectivity index (χ1n) is 3.45. The summed E-state index contributed by atoms with van der Waals surface area (Å²) in [6.07, 6.45) is 0. The smallest absolute Gasteiger partial charge is 0.187 e. The minimum absolute atomic E-state index is 0.245. The zero-order chi connectivity index (χ0) is 11.7. The van der Waals surface area contributed by atoms with Gasteiger partial charge in [-0.15, -0.1) is 0 Å². The second-order valence-electron chi connectivity index (χ2n) is 2.03. The van der Waals surface area contributed by atoms with E-state index in [0.717, 1.165) is 5.75 Å². The Kier molecular flexibility index (Phi) is 12.9. The predicted octanol–water partition coefficient (Wildman–Crippen LogP) is 2.79. The van der Waals surface area contributed by atoms with Gasteiger partial charge in [0.1, 0.15) is 5.75 Å². The molecular weight excluding hydrogens is 761 g/mol. The van der Waals surface area contributed by atoms with E-state index >= 15 is 0 Å². The van der Waals surface area contributed by atoms with Crippen LogP contribution in [0.1, 0.15) is 0 Å². The quantitative estimate of drug-likeness (QED) is 0.334. The first kappa shape index (κ1) is 17.2. The fourth-order valence-corrected chi connectivity index (χ4v) is 0.657. The molecule has 1 aromatic carbocycles. The van der Waals surface area contributed by atoms with E-state index in [1.165, 1.54) is 0 Å². The van der Waals surface area contributed by atoms with E-state index in [-0.39, 0.29) is 7.89 Å². The molecule has 0 aliphatic carbocycles. The van der Waals surface area contributed by atoms with Gasteiger partial charge in [0.25, 0.3) is 0 Å². The monoisotopic (exact) mass is 768 g/mol. The standard InChI is InChI=1S/C8H7NO.I5/c1-9-7-3-5-8(10-2)6-4-7;1-4-5(2)3/h3-6H,2H3;/q;-1. The number of nitrogens with zero attached hydrogens (tertiary/aromatic N) is 1. The molecule has 0 unspecified atom stereocenters. The molecule has 0 aromatic heterocycles. The van der Waals surface area contributed by atoms with Crippen molar-refractivity contribution in [1.82, 2.24) is 0 Å². The molecule has 0 aliphatic heterocycles. The molecule has 1 aromatic rings. The number of halogens is 5. The average Bonchev–Trinajstić information content (AvgIpc) is 2.30. The van der Waals surface area contributed by atoms with Crippen molar-refractivity contribution in [3.05, 3.63) is 35.7 Å². The molecule has 0 radical (unpaired) electrons. The van der Waals surface area contributed by atoms with Crippen molar-refractivity contribution in [2.24, 2.45) is 0 Å². The van der Waals surface area contributed by atoms with Gasteiger partial charge in [0.2, 0.25) is 0 Å². The topological polar surface area (TPSA) is 13.6 Å². The second-order valence-corrected chi connectivity index (χ2v) is 67.0. The molecule has 0 saturated carbocycles. The number of rotatable bonds is 2. The Morgan fingerprint density at radius 2 is 1.80 bits per heavy atom. The van der Waals surface area contributed by atoms with Gasteiger partial charge in [0, 0.05) is 0 Å². The second kappa shape index (κ2) is 11.3. The average molecular weight is 768 g/mol. The van der Waals surface area contributed by atoms with E-state index < -0.39 is 0 Å². The summed E-state index contributed by atoms with van der Waals surface area (Å²) in [7, 11) is 1.36. The minimum Gasteiger partial charge on any atom is -0.497 e. The van der Waals surface area contributed by atoms with Crippen LogP contribution in [-0.2, 0) is 0 Å². The number of methoxy groups -OCH3 is 1. The van der Waals surface area contributed by atoms with Crippen LogP contribution in [-0.4, -0.2) is 7.11 Å². The van der Waals surface area contributed by atoms with Gasteiger partial charge in [0.15, 0.2) is 5.69 Å². The van der Waals surface area contributed by atoms with Gasteiger partial charge < -0.3 is 4.74 Å². The maximum atomic E-state index is 6.66. The third-order valence-corrected chi connectivity index (χ3v) is 83.9. The van der Waals surface area contributed by atoms with Gasteiger partial charge in [-0.2, -0.15) is 0 Å². The number of hydrogen-bond donors (Lipinski definition) is 0. The number of benzene rings is 1. The summed E-state index contributed by atoms with van der Waals surface area (Å²) < 4.78 is 4.91. The summed E-state index contributed by atoms with van der Waals surface area (Å²) in [5, 5.41) is 0. The minimum atomic E-state index is -0.245. The van der Waals surface area contributed by atoms with Gasteiger partial charge >= 0.3 is 77.0 Å². The summed E-state index contributed by atoms with van der Waals surface area (Å²) >= 11 is 8.37. The van der Waals surface area contributed by atoms with Crippen LogP contribution >= 0.6 is 63.7 Å². The van der Waals surface area contributed by atoms with Gasteiger partial charge in [0.05, 0.1) is 13.7 Å². The van der Waals surface area contributed by atoms with E-state index in [1.54, 1.807) is 31.4 Å². The Balaban J connectivity index is 0.000000336. The molecule has 0 heterocycles. The van der Waals surface area contributed by atoms with Crippen molar-refractivity contribution >= 4 is 69.4 Å². The molecule has 86 valence electrons. The zero-order valence-corrected chi connectivity index (χ0v) is 18.3. The Hall–Kier alpha value is 2.16. The molecule has 0 aliphatic rings. The van der Waals surface area contributed by atoms with Crippen molar-refractivity contribution in [2.45, 2.75) is 0 Å². The van der Waals surface area contributed by atoms with Crippen LogP contribution in [0.2, 0.25) is 0 Å². The molecule has 0 atom stereocenters. The van der Waals surface area contributed by atoms with E-state index in [9.17, 15) is 0 Å². The normalized spacial score (nSPS) is 9.67. The SMILES string of the molecule is I[I-]I(I)I.[C-]#[N+]c1ccc(OC)cc1. The molecule has 15 heavy (non-hydrogen) atoms. The van der Waals surface area contributed by atoms with Crippen LogP contribution in [0.4, 0.5) is 5.69 Å². The van der Waals surface area contributed by atoms with Gasteiger partial charge in [-0.3, -0.25) is 0 Å². The summed E-state index contributed by atoms with van der Waals surface area (Å²) in [6.45, 7) is 6.66. The molecule has 0 saturated heterocycles. The van der Waals surface area contributed by atoms with Crippen molar-refractivity contribution in [3.63, 3.8) is 0 Å². The molecule has 0 fully saturated rings. The summed E-state index contributed by atoms with van der Waals surface area (Å²) in [6, 6.07) is 7.00. The van der Waals surface area contributed by atoms with Crippen molar-refractivity contribution in [2.75, 3.05) is 7.11 Å². The van der Waals surface area contributed by atoms with Crippen LogP contribution < -0.4 is 18.0 Å².